The summed E-state index contributed by atoms with van der Waals surface area (Å²) in [4.78, 5) is 44.3. The number of benzene rings is 3. The molecule has 2 N–H and O–H groups in total. The fourth-order valence-corrected chi connectivity index (χ4v) is 4.09. The number of pyridine rings is 1. The third kappa shape index (κ3) is 5.57. The van der Waals surface area contributed by atoms with Gasteiger partial charge in [-0.2, -0.15) is 0 Å². The molecule has 3 aromatic carbocycles. The van der Waals surface area contributed by atoms with E-state index in [-0.39, 0.29) is 5.69 Å². The average molecular weight is 559 g/mol. The summed E-state index contributed by atoms with van der Waals surface area (Å²) in [5.41, 5.74) is 0.147. The van der Waals surface area contributed by atoms with E-state index in [9.17, 15) is 18.8 Å². The number of ether oxygens (including phenoxy) is 4. The zero-order chi connectivity index (χ0) is 29.1. The van der Waals surface area contributed by atoms with Crippen LogP contribution >= 0.6 is 0 Å². The normalized spacial score (nSPS) is 10.7. The van der Waals surface area contributed by atoms with Gasteiger partial charge in [0.05, 0.1) is 31.6 Å². The topological polar surface area (TPSA) is 134 Å². The van der Waals surface area contributed by atoms with Crippen LogP contribution in [0.4, 0.5) is 14.9 Å². The second-order valence-electron chi connectivity index (χ2n) is 8.71. The number of fused-ring (bicyclic) bond motifs is 1. The lowest BCUT2D eigenvalue weighted by molar-refractivity contribution is 0.214. The van der Waals surface area contributed by atoms with Crippen molar-refractivity contribution < 1.29 is 28.1 Å². The molecule has 0 saturated carbocycles. The molecule has 2 aromatic heterocycles. The number of anilines is 1. The molecule has 1 amide bonds. The second-order valence-corrected chi connectivity index (χ2v) is 8.71. The molecule has 5 rings (SSSR count). The van der Waals surface area contributed by atoms with Gasteiger partial charge in [0.15, 0.2) is 11.5 Å². The molecular weight excluding hydrogens is 535 g/mol. The Morgan fingerprint density at radius 1 is 0.902 bits per heavy atom. The molecule has 0 aliphatic carbocycles. The number of rotatable bonds is 7. The molecule has 0 bridgehead atoms. The molecule has 0 radical (unpaired) electrons. The summed E-state index contributed by atoms with van der Waals surface area (Å²) in [5, 5.41) is 3.25. The van der Waals surface area contributed by atoms with Crippen LogP contribution < -0.4 is 35.5 Å². The molecule has 0 aliphatic rings. The Hall–Kier alpha value is -5.65. The summed E-state index contributed by atoms with van der Waals surface area (Å²) < 4.78 is 36.1. The number of aromatic amines is 1. The van der Waals surface area contributed by atoms with Gasteiger partial charge in [0.1, 0.15) is 17.3 Å². The quantitative estimate of drug-likeness (QED) is 0.287. The van der Waals surface area contributed by atoms with Crippen molar-refractivity contribution in [3.05, 3.63) is 105 Å². The van der Waals surface area contributed by atoms with Crippen molar-refractivity contribution in [1.82, 2.24) is 14.5 Å². The van der Waals surface area contributed by atoms with Gasteiger partial charge in [-0.1, -0.05) is 0 Å². The van der Waals surface area contributed by atoms with E-state index in [1.54, 1.807) is 63.7 Å². The number of carbonyl (C=O) groups is 1. The minimum Gasteiger partial charge on any atom is -0.493 e. The number of aryl methyl sites for hydroxylation is 1. The fourth-order valence-electron chi connectivity index (χ4n) is 4.09. The zero-order valence-corrected chi connectivity index (χ0v) is 22.1. The molecule has 41 heavy (non-hydrogen) atoms. The molecule has 208 valence electrons. The highest BCUT2D eigenvalue weighted by molar-refractivity contribution is 5.89. The maximum Gasteiger partial charge on any atom is 0.417 e. The first-order valence-corrected chi connectivity index (χ1v) is 12.2. The largest absolute Gasteiger partial charge is 0.493 e. The highest BCUT2D eigenvalue weighted by Gasteiger charge is 2.16. The first-order chi connectivity index (χ1) is 19.8. The van der Waals surface area contributed by atoms with Gasteiger partial charge in [-0.15, -0.1) is 0 Å². The van der Waals surface area contributed by atoms with Gasteiger partial charge >= 0.3 is 17.3 Å². The Morgan fingerprint density at radius 2 is 1.63 bits per heavy atom. The first kappa shape index (κ1) is 26.9. The van der Waals surface area contributed by atoms with Gasteiger partial charge in [0.25, 0.3) is 0 Å². The van der Waals surface area contributed by atoms with E-state index in [0.29, 0.717) is 45.2 Å². The molecule has 11 nitrogen and oxygen atoms in total. The molecule has 0 spiro atoms. The van der Waals surface area contributed by atoms with Gasteiger partial charge in [0.2, 0.25) is 5.75 Å². The van der Waals surface area contributed by atoms with Crippen LogP contribution in [0.2, 0.25) is 0 Å². The molecule has 0 aliphatic heterocycles. The van der Waals surface area contributed by atoms with Crippen LogP contribution in [-0.2, 0) is 0 Å². The number of carbonyl (C=O) groups excluding carboxylic acids is 1. The smallest absolute Gasteiger partial charge is 0.417 e. The van der Waals surface area contributed by atoms with Crippen molar-refractivity contribution in [2.45, 2.75) is 6.92 Å². The lowest BCUT2D eigenvalue weighted by Gasteiger charge is -2.14. The Balaban J connectivity index is 1.33. The number of aromatic nitrogens is 3. The SMILES string of the molecule is COc1cc2nccc(Oc3ccc(NC(=O)Oc4c[nH]c(=O)n(-c5ccc(F)cc5)c4=O)cc3C)c2cc1OC. The Morgan fingerprint density at radius 3 is 2.34 bits per heavy atom. The predicted molar refractivity (Wildman–Crippen MR) is 148 cm³/mol. The maximum absolute atomic E-state index is 13.3. The van der Waals surface area contributed by atoms with E-state index in [1.807, 2.05) is 0 Å². The number of hydrogen-bond acceptors (Lipinski definition) is 8. The number of H-pyrrole nitrogens is 1. The summed E-state index contributed by atoms with van der Waals surface area (Å²) in [6.45, 7) is 1.79. The van der Waals surface area contributed by atoms with Gasteiger partial charge in [0, 0.05) is 23.3 Å². The van der Waals surface area contributed by atoms with Crippen molar-refractivity contribution in [2.24, 2.45) is 0 Å². The Labute approximate surface area is 231 Å². The van der Waals surface area contributed by atoms with Gasteiger partial charge in [-0.3, -0.25) is 15.1 Å². The number of halogens is 1. The van der Waals surface area contributed by atoms with E-state index >= 15 is 0 Å². The Bertz CT molecular complexity index is 1880. The van der Waals surface area contributed by atoms with Crippen molar-refractivity contribution >= 4 is 22.7 Å². The number of methoxy groups -OCH3 is 2. The van der Waals surface area contributed by atoms with E-state index < -0.39 is 28.9 Å². The lowest BCUT2D eigenvalue weighted by Crippen LogP contribution is -2.35. The predicted octanol–water partition coefficient (Wildman–Crippen LogP) is 4.94. The molecule has 0 fully saturated rings. The highest BCUT2D eigenvalue weighted by Crippen LogP contribution is 2.37. The molecule has 0 unspecified atom stereocenters. The fraction of sp³-hybridized carbons (Fsp3) is 0.103. The van der Waals surface area contributed by atoms with Gasteiger partial charge in [-0.05, 0) is 67.1 Å². The summed E-state index contributed by atoms with van der Waals surface area (Å²) in [5.74, 6) is 1.16. The molecular formula is C29H23FN4O7. The van der Waals surface area contributed by atoms with E-state index in [1.165, 1.54) is 12.1 Å². The summed E-state index contributed by atoms with van der Waals surface area (Å²) >= 11 is 0. The highest BCUT2D eigenvalue weighted by atomic mass is 19.1. The van der Waals surface area contributed by atoms with Crippen LogP contribution in [-0.4, -0.2) is 34.8 Å². The van der Waals surface area contributed by atoms with Crippen LogP contribution in [0.3, 0.4) is 0 Å². The number of nitrogens with zero attached hydrogens (tertiary/aromatic N) is 2. The number of nitrogens with one attached hydrogen (secondary N) is 2. The van der Waals surface area contributed by atoms with Gasteiger partial charge < -0.3 is 23.9 Å². The maximum atomic E-state index is 13.3. The third-order valence-corrected chi connectivity index (χ3v) is 6.08. The van der Waals surface area contributed by atoms with E-state index in [2.05, 4.69) is 15.3 Å². The van der Waals surface area contributed by atoms with Crippen LogP contribution in [0.5, 0.6) is 28.7 Å². The molecule has 2 heterocycles. The summed E-state index contributed by atoms with van der Waals surface area (Å²) in [7, 11) is 3.09. The lowest BCUT2D eigenvalue weighted by atomic mass is 10.1. The average Bonchev–Trinajstić information content (AvgIpc) is 2.96. The van der Waals surface area contributed by atoms with Crippen LogP contribution in [0.1, 0.15) is 5.56 Å². The van der Waals surface area contributed by atoms with E-state index in [0.717, 1.165) is 22.9 Å². The van der Waals surface area contributed by atoms with Crippen molar-refractivity contribution in [2.75, 3.05) is 19.5 Å². The molecule has 0 saturated heterocycles. The summed E-state index contributed by atoms with van der Waals surface area (Å²) in [6, 6.07) is 14.9. The van der Waals surface area contributed by atoms with Crippen molar-refractivity contribution in [1.29, 1.82) is 0 Å². The minimum atomic E-state index is -0.964. The van der Waals surface area contributed by atoms with Crippen molar-refractivity contribution in [3.63, 3.8) is 0 Å². The summed E-state index contributed by atoms with van der Waals surface area (Å²) in [6.07, 6.45) is 1.64. The van der Waals surface area contributed by atoms with Crippen LogP contribution in [0, 0.1) is 12.7 Å². The van der Waals surface area contributed by atoms with Crippen molar-refractivity contribution in [3.8, 4) is 34.4 Å². The standard InChI is InChI=1S/C29H23FN4O7/c1-16-12-18(6-9-22(16)40-23-10-11-31-21-14-25(39-3)24(38-2)13-20(21)23)33-29(37)41-26-15-32-28(36)34(27(26)35)19-7-4-17(30)5-8-19/h4-15H,1-3H3,(H,32,36)(H,33,37). The minimum absolute atomic E-state index is 0.106. The zero-order valence-electron chi connectivity index (χ0n) is 22.1. The molecule has 0 atom stereocenters. The molecule has 5 aromatic rings. The Kier molecular flexibility index (Phi) is 7.37. The van der Waals surface area contributed by atoms with Gasteiger partial charge in [-0.25, -0.2) is 18.5 Å². The first-order valence-electron chi connectivity index (χ1n) is 12.2. The number of hydrogen-bond donors (Lipinski definition) is 2. The third-order valence-electron chi connectivity index (χ3n) is 6.08. The van der Waals surface area contributed by atoms with Crippen LogP contribution in [0.25, 0.3) is 16.6 Å². The second kappa shape index (κ2) is 11.2. The van der Waals surface area contributed by atoms with E-state index in [4.69, 9.17) is 18.9 Å². The molecule has 12 heteroatoms. The monoisotopic (exact) mass is 558 g/mol. The number of amides is 1. The van der Waals surface area contributed by atoms with Crippen LogP contribution in [0.15, 0.2) is 82.6 Å².